The van der Waals surface area contributed by atoms with E-state index in [-0.39, 0.29) is 17.8 Å². The van der Waals surface area contributed by atoms with Crippen LogP contribution in [0.3, 0.4) is 0 Å². The van der Waals surface area contributed by atoms with Crippen LogP contribution >= 0.6 is 23.2 Å². The number of hydrogen-bond acceptors (Lipinski definition) is 2. The van der Waals surface area contributed by atoms with Gasteiger partial charge in [0.15, 0.2) is 0 Å². The zero-order valence-corrected chi connectivity index (χ0v) is 20.2. The van der Waals surface area contributed by atoms with Gasteiger partial charge >= 0.3 is 0 Å². The fraction of sp³-hybridized carbons (Fsp3) is 0.250. The van der Waals surface area contributed by atoms with E-state index in [4.69, 9.17) is 23.2 Å². The number of benzene rings is 3. The van der Waals surface area contributed by atoms with Crippen LogP contribution in [-0.2, 0) is 11.3 Å². The summed E-state index contributed by atoms with van der Waals surface area (Å²) in [7, 11) is 0. The van der Waals surface area contributed by atoms with Gasteiger partial charge < -0.3 is 10.2 Å². The molecule has 1 aliphatic heterocycles. The van der Waals surface area contributed by atoms with Crippen LogP contribution in [0.15, 0.2) is 72.3 Å². The Bertz CT molecular complexity index is 1250. The number of hydrogen-bond donors (Lipinski definition) is 1. The van der Waals surface area contributed by atoms with Crippen LogP contribution in [0, 0.1) is 5.82 Å². The van der Waals surface area contributed by atoms with Crippen LogP contribution in [0.1, 0.15) is 30.4 Å². The number of amides is 1. The highest BCUT2D eigenvalue weighted by molar-refractivity contribution is 6.42. The summed E-state index contributed by atoms with van der Waals surface area (Å²) in [5, 5.41) is 4.38. The van der Waals surface area contributed by atoms with Crippen molar-refractivity contribution in [1.29, 1.82) is 0 Å². The van der Waals surface area contributed by atoms with E-state index in [1.807, 2.05) is 29.2 Å². The minimum atomic E-state index is -0.256. The smallest absolute Gasteiger partial charge is 0.251 e. The lowest BCUT2D eigenvalue weighted by Gasteiger charge is -2.28. The number of carbonyl (C=O) groups is 1. The molecule has 174 valence electrons. The molecule has 5 rings (SSSR count). The average molecular weight is 495 g/mol. The predicted molar refractivity (Wildman–Crippen MR) is 136 cm³/mol. The second-order valence-electron chi connectivity index (χ2n) is 8.85. The van der Waals surface area contributed by atoms with Crippen molar-refractivity contribution in [3.05, 3.63) is 99.3 Å². The zero-order valence-electron chi connectivity index (χ0n) is 18.7. The maximum Gasteiger partial charge on any atom is 0.251 e. The van der Waals surface area contributed by atoms with E-state index in [0.29, 0.717) is 23.1 Å². The molecule has 0 radical (unpaired) electrons. The molecule has 1 saturated carbocycles. The van der Waals surface area contributed by atoms with Crippen molar-refractivity contribution in [2.24, 2.45) is 0 Å². The fourth-order valence-corrected chi connectivity index (χ4v) is 4.90. The SMILES string of the molecule is O=C(C1=C(c2cccc(-c3ccc(F)cc3)c2)CCNC1)N(Cc1cccc(Cl)c1Cl)C1CC1. The van der Waals surface area contributed by atoms with Gasteiger partial charge in [0.25, 0.3) is 5.91 Å². The molecular weight excluding hydrogens is 470 g/mol. The highest BCUT2D eigenvalue weighted by Gasteiger charge is 2.35. The van der Waals surface area contributed by atoms with Crippen LogP contribution in [0.2, 0.25) is 10.0 Å². The van der Waals surface area contributed by atoms with Crippen molar-refractivity contribution < 1.29 is 9.18 Å². The second-order valence-corrected chi connectivity index (χ2v) is 9.63. The van der Waals surface area contributed by atoms with Gasteiger partial charge in [-0.15, -0.1) is 0 Å². The number of nitrogens with one attached hydrogen (secondary N) is 1. The Morgan fingerprint density at radius 1 is 0.971 bits per heavy atom. The van der Waals surface area contributed by atoms with E-state index < -0.39 is 0 Å². The van der Waals surface area contributed by atoms with E-state index in [0.717, 1.165) is 59.2 Å². The molecule has 34 heavy (non-hydrogen) atoms. The summed E-state index contributed by atoms with van der Waals surface area (Å²) in [5.74, 6) is -0.207. The molecule has 2 aliphatic rings. The quantitative estimate of drug-likeness (QED) is 0.411. The van der Waals surface area contributed by atoms with Gasteiger partial charge in [-0.1, -0.05) is 65.7 Å². The van der Waals surface area contributed by atoms with E-state index in [2.05, 4.69) is 17.4 Å². The van der Waals surface area contributed by atoms with E-state index in [1.54, 1.807) is 18.2 Å². The Labute approximate surface area is 209 Å². The Kier molecular flexibility index (Phi) is 6.73. The van der Waals surface area contributed by atoms with E-state index >= 15 is 0 Å². The third-order valence-electron chi connectivity index (χ3n) is 6.49. The number of rotatable bonds is 6. The Hall–Kier alpha value is -2.66. The molecule has 3 aromatic carbocycles. The van der Waals surface area contributed by atoms with Crippen molar-refractivity contribution >= 4 is 34.7 Å². The van der Waals surface area contributed by atoms with Crippen LogP contribution < -0.4 is 5.32 Å². The molecule has 1 N–H and O–H groups in total. The van der Waals surface area contributed by atoms with Gasteiger partial charge in [-0.25, -0.2) is 4.39 Å². The first-order valence-electron chi connectivity index (χ1n) is 11.5. The summed E-state index contributed by atoms with van der Waals surface area (Å²) in [4.78, 5) is 15.8. The number of halogens is 3. The third kappa shape index (κ3) is 4.90. The van der Waals surface area contributed by atoms with Gasteiger partial charge in [-0.3, -0.25) is 4.79 Å². The molecule has 3 aromatic rings. The third-order valence-corrected chi connectivity index (χ3v) is 7.34. The summed E-state index contributed by atoms with van der Waals surface area (Å²) in [6, 6.07) is 20.4. The largest absolute Gasteiger partial charge is 0.332 e. The van der Waals surface area contributed by atoms with Gasteiger partial charge in [0.1, 0.15) is 5.82 Å². The summed E-state index contributed by atoms with van der Waals surface area (Å²) >= 11 is 12.7. The van der Waals surface area contributed by atoms with Crippen molar-refractivity contribution in [3.8, 4) is 11.1 Å². The zero-order chi connectivity index (χ0) is 23.7. The second kappa shape index (κ2) is 9.91. The molecule has 0 atom stereocenters. The van der Waals surface area contributed by atoms with E-state index in [9.17, 15) is 9.18 Å². The van der Waals surface area contributed by atoms with Gasteiger partial charge in [0.05, 0.1) is 10.0 Å². The van der Waals surface area contributed by atoms with Crippen LogP contribution in [0.4, 0.5) is 4.39 Å². The van der Waals surface area contributed by atoms with Gasteiger partial charge in [-0.2, -0.15) is 0 Å². The van der Waals surface area contributed by atoms with Crippen LogP contribution in [0.25, 0.3) is 16.7 Å². The standard InChI is InChI=1S/C28H25Cl2FN2O/c29-26-6-2-5-21(27(26)30)17-33(23-11-12-23)28(34)25-16-32-14-13-24(25)20-4-1-3-19(15-20)18-7-9-22(31)10-8-18/h1-10,15,23,32H,11-14,16-17H2. The topological polar surface area (TPSA) is 32.3 Å². The molecule has 1 fully saturated rings. The lowest BCUT2D eigenvalue weighted by Crippen LogP contribution is -2.39. The molecule has 0 bridgehead atoms. The van der Waals surface area contributed by atoms with Crippen molar-refractivity contribution in [2.45, 2.75) is 31.8 Å². The molecular formula is C28H25Cl2FN2O. The molecule has 1 heterocycles. The number of nitrogens with zero attached hydrogens (tertiary/aromatic N) is 1. The first-order valence-corrected chi connectivity index (χ1v) is 12.3. The van der Waals surface area contributed by atoms with Crippen LogP contribution in [0.5, 0.6) is 0 Å². The van der Waals surface area contributed by atoms with Crippen LogP contribution in [-0.4, -0.2) is 29.9 Å². The molecule has 0 aromatic heterocycles. The summed E-state index contributed by atoms with van der Waals surface area (Å²) in [6.07, 6.45) is 2.77. The average Bonchev–Trinajstić information content (AvgIpc) is 3.70. The van der Waals surface area contributed by atoms with Gasteiger partial charge in [0, 0.05) is 24.7 Å². The molecule has 0 unspecified atom stereocenters. The van der Waals surface area contributed by atoms with E-state index in [1.165, 1.54) is 12.1 Å². The Morgan fingerprint density at radius 3 is 2.47 bits per heavy atom. The normalized spacial score (nSPS) is 16.0. The van der Waals surface area contributed by atoms with Gasteiger partial charge in [0.2, 0.25) is 0 Å². The minimum Gasteiger partial charge on any atom is -0.332 e. The monoisotopic (exact) mass is 494 g/mol. The maximum atomic E-state index is 13.9. The first kappa shape index (κ1) is 23.1. The fourth-order valence-electron chi connectivity index (χ4n) is 4.52. The molecule has 6 heteroatoms. The molecule has 1 amide bonds. The van der Waals surface area contributed by atoms with Crippen molar-refractivity contribution in [1.82, 2.24) is 10.2 Å². The lowest BCUT2D eigenvalue weighted by molar-refractivity contribution is -0.128. The Balaban J connectivity index is 1.49. The summed E-state index contributed by atoms with van der Waals surface area (Å²) in [5.41, 5.74) is 5.70. The molecule has 0 spiro atoms. The first-order chi connectivity index (χ1) is 16.5. The molecule has 1 aliphatic carbocycles. The maximum absolute atomic E-state index is 13.9. The predicted octanol–water partition coefficient (Wildman–Crippen LogP) is 6.74. The number of carbonyl (C=O) groups excluding carboxylic acids is 1. The minimum absolute atomic E-state index is 0.0490. The summed E-state index contributed by atoms with van der Waals surface area (Å²) in [6.45, 7) is 1.78. The lowest BCUT2D eigenvalue weighted by atomic mass is 9.91. The van der Waals surface area contributed by atoms with Crippen molar-refractivity contribution in [3.63, 3.8) is 0 Å². The van der Waals surface area contributed by atoms with Crippen molar-refractivity contribution in [2.75, 3.05) is 13.1 Å². The Morgan fingerprint density at radius 2 is 1.71 bits per heavy atom. The van der Waals surface area contributed by atoms with Gasteiger partial charge in [-0.05, 0) is 77.9 Å². The highest BCUT2D eigenvalue weighted by Crippen LogP contribution is 2.35. The molecule has 3 nitrogen and oxygen atoms in total. The molecule has 0 saturated heterocycles. The summed E-state index contributed by atoms with van der Waals surface area (Å²) < 4.78 is 13.4. The highest BCUT2D eigenvalue weighted by atomic mass is 35.5.